The molecular formula is C9H11NO. The van der Waals surface area contributed by atoms with Crippen LogP contribution in [0.2, 0.25) is 0 Å². The molecule has 2 heteroatoms. The molecule has 1 atom stereocenters. The number of aliphatic hydroxyl groups excluding tert-OH is 1. The second kappa shape index (κ2) is 3.88. The molecule has 0 radical (unpaired) electrons. The summed E-state index contributed by atoms with van der Waals surface area (Å²) in [6, 6.07) is 5.48. The molecule has 11 heavy (non-hydrogen) atoms. The first kappa shape index (κ1) is 7.95. The van der Waals surface area contributed by atoms with Crippen LogP contribution in [-0.2, 0) is 0 Å². The Kier molecular flexibility index (Phi) is 2.81. The summed E-state index contributed by atoms with van der Waals surface area (Å²) in [5, 5.41) is 9.37. The number of pyridine rings is 1. The summed E-state index contributed by atoms with van der Waals surface area (Å²) < 4.78 is 0. The maximum atomic E-state index is 9.37. The van der Waals surface area contributed by atoms with Gasteiger partial charge in [-0.05, 0) is 19.1 Å². The van der Waals surface area contributed by atoms with Crippen LogP contribution in [0.3, 0.4) is 0 Å². The van der Waals surface area contributed by atoms with Gasteiger partial charge in [-0.2, -0.15) is 0 Å². The summed E-state index contributed by atoms with van der Waals surface area (Å²) in [5.74, 6) is 0. The summed E-state index contributed by atoms with van der Waals surface area (Å²) in [6.45, 7) is 1.87. The van der Waals surface area contributed by atoms with Crippen molar-refractivity contribution in [1.82, 2.24) is 4.98 Å². The van der Waals surface area contributed by atoms with Crippen LogP contribution in [0.4, 0.5) is 0 Å². The highest BCUT2D eigenvalue weighted by Crippen LogP contribution is 2.09. The van der Waals surface area contributed by atoms with Gasteiger partial charge in [-0.1, -0.05) is 18.2 Å². The second-order valence-electron chi connectivity index (χ2n) is 2.23. The Morgan fingerprint density at radius 1 is 1.55 bits per heavy atom. The maximum Gasteiger partial charge on any atom is 0.114 e. The van der Waals surface area contributed by atoms with E-state index in [1.807, 2.05) is 19.1 Å². The topological polar surface area (TPSA) is 33.1 Å². The molecule has 0 spiro atoms. The van der Waals surface area contributed by atoms with Crippen LogP contribution in [0.25, 0.3) is 0 Å². The molecule has 0 aliphatic rings. The molecular weight excluding hydrogens is 138 g/mol. The Bertz CT molecular complexity index is 231. The number of aliphatic hydroxyl groups is 1. The molecule has 1 aromatic heterocycles. The van der Waals surface area contributed by atoms with Gasteiger partial charge >= 0.3 is 0 Å². The largest absolute Gasteiger partial charge is 0.383 e. The zero-order valence-electron chi connectivity index (χ0n) is 6.44. The Morgan fingerprint density at radius 3 is 2.91 bits per heavy atom. The average molecular weight is 149 g/mol. The average Bonchev–Trinajstić information content (AvgIpc) is 2.07. The van der Waals surface area contributed by atoms with Crippen molar-refractivity contribution in [1.29, 1.82) is 0 Å². The van der Waals surface area contributed by atoms with Crippen molar-refractivity contribution in [3.8, 4) is 0 Å². The number of nitrogens with zero attached hydrogens (tertiary/aromatic N) is 1. The third-order valence-electron chi connectivity index (χ3n) is 1.37. The Morgan fingerprint density at radius 2 is 2.36 bits per heavy atom. The van der Waals surface area contributed by atoms with E-state index in [0.717, 1.165) is 0 Å². The van der Waals surface area contributed by atoms with E-state index in [0.29, 0.717) is 5.69 Å². The summed E-state index contributed by atoms with van der Waals surface area (Å²) in [7, 11) is 0. The van der Waals surface area contributed by atoms with Crippen LogP contribution in [0, 0.1) is 0 Å². The van der Waals surface area contributed by atoms with Crippen LogP contribution >= 0.6 is 0 Å². The van der Waals surface area contributed by atoms with Crippen LogP contribution in [0.1, 0.15) is 18.7 Å². The molecule has 1 N–H and O–H groups in total. The van der Waals surface area contributed by atoms with E-state index >= 15 is 0 Å². The monoisotopic (exact) mass is 149 g/mol. The van der Waals surface area contributed by atoms with Gasteiger partial charge in [0, 0.05) is 6.20 Å². The molecule has 0 saturated carbocycles. The van der Waals surface area contributed by atoms with Gasteiger partial charge in [0.15, 0.2) is 0 Å². The SMILES string of the molecule is C/C=C/[C@@H](O)c1ccccn1. The van der Waals surface area contributed by atoms with Gasteiger partial charge < -0.3 is 5.11 Å². The van der Waals surface area contributed by atoms with E-state index in [-0.39, 0.29) is 0 Å². The van der Waals surface area contributed by atoms with Gasteiger partial charge in [-0.15, -0.1) is 0 Å². The number of hydrogen-bond acceptors (Lipinski definition) is 2. The molecule has 1 heterocycles. The third kappa shape index (κ3) is 2.16. The lowest BCUT2D eigenvalue weighted by Crippen LogP contribution is -1.94. The Balaban J connectivity index is 2.76. The molecule has 0 fully saturated rings. The van der Waals surface area contributed by atoms with Crippen LogP contribution < -0.4 is 0 Å². The minimum absolute atomic E-state index is 0.568. The van der Waals surface area contributed by atoms with Gasteiger partial charge in [-0.3, -0.25) is 4.98 Å². The van der Waals surface area contributed by atoms with Crippen LogP contribution in [0.5, 0.6) is 0 Å². The number of aromatic nitrogens is 1. The van der Waals surface area contributed by atoms with Crippen molar-refractivity contribution in [3.05, 3.63) is 42.2 Å². The quantitative estimate of drug-likeness (QED) is 0.649. The predicted octanol–water partition coefficient (Wildman–Crippen LogP) is 1.69. The molecule has 2 nitrogen and oxygen atoms in total. The first-order valence-corrected chi connectivity index (χ1v) is 3.56. The van der Waals surface area contributed by atoms with Crippen molar-refractivity contribution in [2.75, 3.05) is 0 Å². The van der Waals surface area contributed by atoms with Gasteiger partial charge in [-0.25, -0.2) is 0 Å². The fourth-order valence-corrected chi connectivity index (χ4v) is 0.832. The third-order valence-corrected chi connectivity index (χ3v) is 1.37. The normalized spacial score (nSPS) is 13.6. The van der Waals surface area contributed by atoms with E-state index < -0.39 is 6.10 Å². The molecule has 58 valence electrons. The van der Waals surface area contributed by atoms with Crippen molar-refractivity contribution in [2.45, 2.75) is 13.0 Å². The van der Waals surface area contributed by atoms with Crippen LogP contribution in [0.15, 0.2) is 36.5 Å². The number of hydrogen-bond donors (Lipinski definition) is 1. The molecule has 1 rings (SSSR count). The fraction of sp³-hybridized carbons (Fsp3) is 0.222. The molecule has 0 aliphatic carbocycles. The maximum absolute atomic E-state index is 9.37. The zero-order valence-corrected chi connectivity index (χ0v) is 6.44. The highest BCUT2D eigenvalue weighted by molar-refractivity contribution is 5.11. The first-order valence-electron chi connectivity index (χ1n) is 3.56. The highest BCUT2D eigenvalue weighted by Gasteiger charge is 2.00. The number of allylic oxidation sites excluding steroid dienone is 1. The molecule has 0 amide bonds. The Labute approximate surface area is 66.2 Å². The molecule has 0 bridgehead atoms. The zero-order chi connectivity index (χ0) is 8.10. The van der Waals surface area contributed by atoms with Gasteiger partial charge in [0.25, 0.3) is 0 Å². The summed E-state index contributed by atoms with van der Waals surface area (Å²) in [5.41, 5.74) is 0.686. The van der Waals surface area contributed by atoms with Gasteiger partial charge in [0.2, 0.25) is 0 Å². The van der Waals surface area contributed by atoms with E-state index in [2.05, 4.69) is 4.98 Å². The van der Waals surface area contributed by atoms with Gasteiger partial charge in [0.05, 0.1) is 5.69 Å². The lowest BCUT2D eigenvalue weighted by Gasteiger charge is -2.02. The lowest BCUT2D eigenvalue weighted by molar-refractivity contribution is 0.223. The van der Waals surface area contributed by atoms with Crippen molar-refractivity contribution >= 4 is 0 Å². The highest BCUT2D eigenvalue weighted by atomic mass is 16.3. The summed E-state index contributed by atoms with van der Waals surface area (Å²) in [4.78, 5) is 4.00. The lowest BCUT2D eigenvalue weighted by atomic mass is 10.2. The molecule has 0 aliphatic heterocycles. The summed E-state index contributed by atoms with van der Waals surface area (Å²) >= 11 is 0. The van der Waals surface area contributed by atoms with E-state index in [1.54, 1.807) is 24.4 Å². The smallest absolute Gasteiger partial charge is 0.114 e. The minimum Gasteiger partial charge on any atom is -0.383 e. The van der Waals surface area contributed by atoms with Gasteiger partial charge in [0.1, 0.15) is 6.10 Å². The molecule has 0 aromatic carbocycles. The van der Waals surface area contributed by atoms with Crippen molar-refractivity contribution in [2.24, 2.45) is 0 Å². The van der Waals surface area contributed by atoms with Crippen molar-refractivity contribution < 1.29 is 5.11 Å². The fourth-order valence-electron chi connectivity index (χ4n) is 0.832. The molecule has 0 saturated heterocycles. The van der Waals surface area contributed by atoms with Crippen LogP contribution in [-0.4, -0.2) is 10.1 Å². The standard InChI is InChI=1S/C9H11NO/c1-2-5-9(11)8-6-3-4-7-10-8/h2-7,9,11H,1H3/b5-2+/t9-/m1/s1. The summed E-state index contributed by atoms with van der Waals surface area (Å²) in [6.07, 6.45) is 4.60. The van der Waals surface area contributed by atoms with E-state index in [9.17, 15) is 5.11 Å². The predicted molar refractivity (Wildman–Crippen MR) is 44.0 cm³/mol. The Hall–Kier alpha value is -1.15. The van der Waals surface area contributed by atoms with E-state index in [1.165, 1.54) is 0 Å². The second-order valence-corrected chi connectivity index (χ2v) is 2.23. The van der Waals surface area contributed by atoms with E-state index in [4.69, 9.17) is 0 Å². The van der Waals surface area contributed by atoms with Crippen molar-refractivity contribution in [3.63, 3.8) is 0 Å². The molecule has 1 aromatic rings. The molecule has 0 unspecified atom stereocenters. The first-order chi connectivity index (χ1) is 5.34. The number of rotatable bonds is 2. The minimum atomic E-state index is -0.568.